The standard InChI is InChI=1S/C9H10FN/c10-6-2-4-8-3-1-5-9(11)7-8/h1-3,5-7H,4,11H2. The fraction of sp³-hybridized carbons (Fsp3) is 0.111. The van der Waals surface area contributed by atoms with Crippen molar-refractivity contribution in [3.63, 3.8) is 0 Å². The number of rotatable bonds is 2. The molecular weight excluding hydrogens is 141 g/mol. The number of nitrogen functional groups attached to an aromatic ring is 1. The molecular formula is C9H10FN. The van der Waals surface area contributed by atoms with Gasteiger partial charge in [-0.25, -0.2) is 4.39 Å². The molecule has 2 N–H and O–H groups in total. The number of hydrogen-bond donors (Lipinski definition) is 1. The van der Waals surface area contributed by atoms with E-state index >= 15 is 0 Å². The Labute approximate surface area is 65.3 Å². The second kappa shape index (κ2) is 3.76. The van der Waals surface area contributed by atoms with E-state index in [1.807, 2.05) is 24.3 Å². The summed E-state index contributed by atoms with van der Waals surface area (Å²) in [6, 6.07) is 7.41. The summed E-state index contributed by atoms with van der Waals surface area (Å²) in [5, 5.41) is 0. The maximum absolute atomic E-state index is 11.6. The van der Waals surface area contributed by atoms with Crippen molar-refractivity contribution in [1.82, 2.24) is 0 Å². The Morgan fingerprint density at radius 3 is 2.91 bits per heavy atom. The van der Waals surface area contributed by atoms with E-state index in [4.69, 9.17) is 5.73 Å². The van der Waals surface area contributed by atoms with E-state index in [9.17, 15) is 4.39 Å². The monoisotopic (exact) mass is 151 g/mol. The normalized spacial score (nSPS) is 10.6. The number of halogens is 1. The largest absolute Gasteiger partial charge is 0.399 e. The molecule has 0 saturated heterocycles. The van der Waals surface area contributed by atoms with Crippen LogP contribution in [0.4, 0.5) is 10.1 Å². The molecule has 0 aromatic heterocycles. The molecule has 0 fully saturated rings. The second-order valence-electron chi connectivity index (χ2n) is 2.31. The van der Waals surface area contributed by atoms with Gasteiger partial charge in [-0.05, 0) is 24.1 Å². The Balaban J connectivity index is 2.71. The van der Waals surface area contributed by atoms with Crippen molar-refractivity contribution < 1.29 is 4.39 Å². The summed E-state index contributed by atoms with van der Waals surface area (Å²) in [4.78, 5) is 0. The van der Waals surface area contributed by atoms with Gasteiger partial charge in [0.2, 0.25) is 0 Å². The number of benzene rings is 1. The minimum Gasteiger partial charge on any atom is -0.399 e. The first-order chi connectivity index (χ1) is 5.33. The summed E-state index contributed by atoms with van der Waals surface area (Å²) < 4.78 is 11.6. The summed E-state index contributed by atoms with van der Waals surface area (Å²) in [5.74, 6) is 0. The summed E-state index contributed by atoms with van der Waals surface area (Å²) in [6.07, 6.45) is 2.60. The van der Waals surface area contributed by atoms with E-state index in [0.29, 0.717) is 12.8 Å². The van der Waals surface area contributed by atoms with Crippen LogP contribution in [0.25, 0.3) is 0 Å². The van der Waals surface area contributed by atoms with Gasteiger partial charge in [0.05, 0.1) is 6.33 Å². The molecule has 0 saturated carbocycles. The van der Waals surface area contributed by atoms with Crippen molar-refractivity contribution in [1.29, 1.82) is 0 Å². The van der Waals surface area contributed by atoms with Crippen LogP contribution in [-0.4, -0.2) is 0 Å². The van der Waals surface area contributed by atoms with Gasteiger partial charge in [-0.2, -0.15) is 0 Å². The molecule has 0 atom stereocenters. The third-order valence-corrected chi connectivity index (χ3v) is 1.39. The average Bonchev–Trinajstić information content (AvgIpc) is 2.01. The lowest BCUT2D eigenvalue weighted by atomic mass is 10.1. The van der Waals surface area contributed by atoms with Gasteiger partial charge in [0, 0.05) is 5.69 Å². The molecule has 2 heteroatoms. The van der Waals surface area contributed by atoms with Gasteiger partial charge in [-0.3, -0.25) is 0 Å². The molecule has 0 aliphatic rings. The molecule has 0 bridgehead atoms. The van der Waals surface area contributed by atoms with Crippen LogP contribution in [0.5, 0.6) is 0 Å². The molecule has 0 aliphatic heterocycles. The summed E-state index contributed by atoms with van der Waals surface area (Å²) in [6.45, 7) is 0. The molecule has 0 radical (unpaired) electrons. The lowest BCUT2D eigenvalue weighted by molar-refractivity contribution is 0.716. The van der Waals surface area contributed by atoms with Crippen LogP contribution in [0.3, 0.4) is 0 Å². The number of hydrogen-bond acceptors (Lipinski definition) is 1. The van der Waals surface area contributed by atoms with Crippen molar-refractivity contribution in [2.45, 2.75) is 6.42 Å². The van der Waals surface area contributed by atoms with Crippen molar-refractivity contribution in [3.05, 3.63) is 42.2 Å². The van der Waals surface area contributed by atoms with Crippen LogP contribution in [0, 0.1) is 0 Å². The minimum absolute atomic E-state index is 0.545. The number of allylic oxidation sites excluding steroid dienone is 1. The Kier molecular flexibility index (Phi) is 2.66. The Hall–Kier alpha value is -1.31. The molecule has 58 valence electrons. The van der Waals surface area contributed by atoms with Gasteiger partial charge in [0.1, 0.15) is 0 Å². The number of nitrogens with two attached hydrogens (primary N) is 1. The summed E-state index contributed by atoms with van der Waals surface area (Å²) >= 11 is 0. The predicted octanol–water partition coefficient (Wildman–Crippen LogP) is 2.29. The lowest BCUT2D eigenvalue weighted by Crippen LogP contribution is -1.86. The lowest BCUT2D eigenvalue weighted by Gasteiger charge is -1.96. The fourth-order valence-electron chi connectivity index (χ4n) is 0.901. The highest BCUT2D eigenvalue weighted by atomic mass is 19.1. The first-order valence-corrected chi connectivity index (χ1v) is 3.42. The molecule has 1 aromatic rings. The topological polar surface area (TPSA) is 26.0 Å². The van der Waals surface area contributed by atoms with Crippen molar-refractivity contribution >= 4 is 5.69 Å². The van der Waals surface area contributed by atoms with Crippen LogP contribution < -0.4 is 5.73 Å². The zero-order chi connectivity index (χ0) is 8.10. The quantitative estimate of drug-likeness (QED) is 0.645. The molecule has 11 heavy (non-hydrogen) atoms. The molecule has 0 unspecified atom stereocenters. The Morgan fingerprint density at radius 2 is 2.27 bits per heavy atom. The predicted molar refractivity (Wildman–Crippen MR) is 44.8 cm³/mol. The summed E-state index contributed by atoms with van der Waals surface area (Å²) in [7, 11) is 0. The second-order valence-corrected chi connectivity index (χ2v) is 2.31. The van der Waals surface area contributed by atoms with E-state index in [1.54, 1.807) is 0 Å². The van der Waals surface area contributed by atoms with E-state index < -0.39 is 0 Å². The zero-order valence-electron chi connectivity index (χ0n) is 6.13. The van der Waals surface area contributed by atoms with Gasteiger partial charge < -0.3 is 5.73 Å². The Bertz CT molecular complexity index is 255. The van der Waals surface area contributed by atoms with Gasteiger partial charge in [0.15, 0.2) is 0 Å². The highest BCUT2D eigenvalue weighted by Crippen LogP contribution is 2.07. The molecule has 1 aromatic carbocycles. The van der Waals surface area contributed by atoms with Crippen LogP contribution >= 0.6 is 0 Å². The zero-order valence-corrected chi connectivity index (χ0v) is 6.13. The van der Waals surface area contributed by atoms with E-state index in [2.05, 4.69) is 0 Å². The van der Waals surface area contributed by atoms with Crippen LogP contribution in [-0.2, 0) is 6.42 Å². The molecule has 1 rings (SSSR count). The van der Waals surface area contributed by atoms with Crippen molar-refractivity contribution in [3.8, 4) is 0 Å². The molecule has 0 spiro atoms. The number of anilines is 1. The Morgan fingerprint density at radius 1 is 1.45 bits per heavy atom. The van der Waals surface area contributed by atoms with Crippen molar-refractivity contribution in [2.75, 3.05) is 5.73 Å². The summed E-state index contributed by atoms with van der Waals surface area (Å²) in [5.41, 5.74) is 7.26. The van der Waals surface area contributed by atoms with Crippen molar-refractivity contribution in [2.24, 2.45) is 0 Å². The van der Waals surface area contributed by atoms with E-state index in [-0.39, 0.29) is 0 Å². The van der Waals surface area contributed by atoms with Gasteiger partial charge in [0.25, 0.3) is 0 Å². The maximum atomic E-state index is 11.6. The van der Waals surface area contributed by atoms with E-state index in [1.165, 1.54) is 6.08 Å². The highest BCUT2D eigenvalue weighted by molar-refractivity contribution is 5.41. The smallest absolute Gasteiger partial charge is 0.0830 e. The van der Waals surface area contributed by atoms with Crippen LogP contribution in [0.15, 0.2) is 36.7 Å². The van der Waals surface area contributed by atoms with Gasteiger partial charge >= 0.3 is 0 Å². The molecule has 1 nitrogen and oxygen atoms in total. The third-order valence-electron chi connectivity index (χ3n) is 1.39. The minimum atomic E-state index is 0.545. The highest BCUT2D eigenvalue weighted by Gasteiger charge is 1.88. The van der Waals surface area contributed by atoms with Gasteiger partial charge in [-0.1, -0.05) is 18.2 Å². The van der Waals surface area contributed by atoms with E-state index in [0.717, 1.165) is 11.3 Å². The first-order valence-electron chi connectivity index (χ1n) is 3.42. The molecule has 0 aliphatic carbocycles. The molecule has 0 heterocycles. The maximum Gasteiger partial charge on any atom is 0.0830 e. The van der Waals surface area contributed by atoms with Crippen LogP contribution in [0.1, 0.15) is 5.56 Å². The van der Waals surface area contributed by atoms with Crippen LogP contribution in [0.2, 0.25) is 0 Å². The first kappa shape index (κ1) is 7.79. The third kappa shape index (κ3) is 2.42. The molecule has 0 amide bonds. The fourth-order valence-corrected chi connectivity index (χ4v) is 0.901. The SMILES string of the molecule is Nc1cccc(CC=CF)c1. The van der Waals surface area contributed by atoms with Gasteiger partial charge in [-0.15, -0.1) is 0 Å². The average molecular weight is 151 g/mol.